The number of hydrogen-bond acceptors (Lipinski definition) is 4. The van der Waals surface area contributed by atoms with Gasteiger partial charge in [-0.05, 0) is 42.5 Å². The van der Waals surface area contributed by atoms with Gasteiger partial charge < -0.3 is 9.47 Å². The van der Waals surface area contributed by atoms with Crippen LogP contribution in [-0.2, 0) is 6.61 Å². The van der Waals surface area contributed by atoms with Gasteiger partial charge in [0.25, 0.3) is 5.91 Å². The Hall–Kier alpha value is -2.54. The van der Waals surface area contributed by atoms with Crippen LogP contribution < -0.4 is 14.9 Å². The van der Waals surface area contributed by atoms with Gasteiger partial charge in [0.1, 0.15) is 18.1 Å². The van der Waals surface area contributed by atoms with Gasteiger partial charge in [0.05, 0.1) is 18.9 Å². The Bertz CT molecular complexity index is 1090. The van der Waals surface area contributed by atoms with Crippen LogP contribution in [0.15, 0.2) is 70.2 Å². The zero-order valence-electron chi connectivity index (χ0n) is 15.9. The number of rotatable bonds is 7. The lowest BCUT2D eigenvalue weighted by atomic mass is 10.2. The van der Waals surface area contributed by atoms with Gasteiger partial charge in [0.15, 0.2) is 0 Å². The minimum atomic E-state index is -0.405. The third-order valence-electron chi connectivity index (χ3n) is 4.09. The Morgan fingerprint density at radius 1 is 1.10 bits per heavy atom. The molecule has 3 aromatic rings. The molecule has 154 valence electrons. The van der Waals surface area contributed by atoms with Gasteiger partial charge in [-0.15, -0.1) is 0 Å². The summed E-state index contributed by atoms with van der Waals surface area (Å²) in [6.45, 7) is 0.193. The van der Waals surface area contributed by atoms with Gasteiger partial charge >= 0.3 is 0 Å². The largest absolute Gasteiger partial charge is 0.496 e. The maximum atomic E-state index is 12.6. The molecule has 0 bridgehead atoms. The number of ether oxygens (including phenoxy) is 2. The maximum Gasteiger partial charge on any atom is 0.275 e. The van der Waals surface area contributed by atoms with E-state index in [1.54, 1.807) is 55.6 Å². The van der Waals surface area contributed by atoms with Gasteiger partial charge in [0.2, 0.25) is 0 Å². The maximum absolute atomic E-state index is 12.6. The van der Waals surface area contributed by atoms with Gasteiger partial charge in [-0.2, -0.15) is 5.10 Å². The predicted molar refractivity (Wildman–Crippen MR) is 123 cm³/mol. The molecule has 8 heteroatoms. The molecule has 0 radical (unpaired) electrons. The fraction of sp³-hybridized carbons (Fsp3) is 0.0909. The first kappa shape index (κ1) is 22.2. The van der Waals surface area contributed by atoms with Crippen molar-refractivity contribution in [1.82, 2.24) is 5.43 Å². The number of halogens is 3. The van der Waals surface area contributed by atoms with Crippen LogP contribution in [0.3, 0.4) is 0 Å². The van der Waals surface area contributed by atoms with E-state index in [-0.39, 0.29) is 6.61 Å². The number of hydrogen-bond donors (Lipinski definition) is 1. The summed E-state index contributed by atoms with van der Waals surface area (Å²) in [6.07, 6.45) is 1.51. The monoisotopic (exact) mass is 506 g/mol. The van der Waals surface area contributed by atoms with E-state index in [0.717, 1.165) is 10.0 Å². The first-order chi connectivity index (χ1) is 14.5. The van der Waals surface area contributed by atoms with Crippen LogP contribution in [0.25, 0.3) is 0 Å². The molecule has 3 aromatic carbocycles. The number of para-hydroxylation sites is 1. The molecule has 1 amide bonds. The molecule has 30 heavy (non-hydrogen) atoms. The van der Waals surface area contributed by atoms with Crippen molar-refractivity contribution in [2.45, 2.75) is 6.61 Å². The first-order valence-electron chi connectivity index (χ1n) is 8.80. The number of methoxy groups -OCH3 is 1. The van der Waals surface area contributed by atoms with Crippen LogP contribution in [0.2, 0.25) is 10.0 Å². The van der Waals surface area contributed by atoms with Gasteiger partial charge in [-0.25, -0.2) is 5.43 Å². The number of amides is 1. The van der Waals surface area contributed by atoms with Crippen molar-refractivity contribution >= 4 is 51.3 Å². The van der Waals surface area contributed by atoms with Crippen molar-refractivity contribution in [3.05, 3.63) is 91.9 Å². The predicted octanol–water partition coefficient (Wildman–Crippen LogP) is 6.11. The fourth-order valence-electron chi connectivity index (χ4n) is 2.60. The number of hydrazone groups is 1. The molecule has 0 saturated carbocycles. The molecular weight excluding hydrogens is 491 g/mol. The summed E-state index contributed by atoms with van der Waals surface area (Å²) in [5.41, 5.74) is 4.34. The van der Waals surface area contributed by atoms with Crippen molar-refractivity contribution < 1.29 is 14.3 Å². The highest BCUT2D eigenvalue weighted by atomic mass is 79.9. The molecule has 0 saturated heterocycles. The third-order valence-corrected chi connectivity index (χ3v) is 5.17. The van der Waals surface area contributed by atoms with E-state index < -0.39 is 5.91 Å². The highest BCUT2D eigenvalue weighted by Crippen LogP contribution is 2.25. The molecule has 0 aliphatic carbocycles. The molecule has 0 atom stereocenters. The molecule has 0 unspecified atom stereocenters. The third kappa shape index (κ3) is 5.75. The van der Waals surface area contributed by atoms with Crippen molar-refractivity contribution in [1.29, 1.82) is 0 Å². The van der Waals surface area contributed by atoms with Crippen LogP contribution >= 0.6 is 39.1 Å². The SMILES string of the molecule is COc1ccc(Br)cc1/C=N/NC(=O)c1ccccc1OCc1ccc(Cl)cc1Cl. The standard InChI is InChI=1S/C22H17BrCl2N2O3/c1-29-20-9-7-16(23)10-15(20)12-26-27-22(28)18-4-2-3-5-21(18)30-13-14-6-8-17(24)11-19(14)25/h2-12H,13H2,1H3,(H,27,28)/b26-12+. The zero-order valence-corrected chi connectivity index (χ0v) is 19.0. The smallest absolute Gasteiger partial charge is 0.275 e. The van der Waals surface area contributed by atoms with Crippen molar-refractivity contribution in [3.63, 3.8) is 0 Å². The normalized spacial score (nSPS) is 10.8. The first-order valence-corrected chi connectivity index (χ1v) is 10.4. The number of nitrogens with one attached hydrogen (secondary N) is 1. The Morgan fingerprint density at radius 2 is 1.90 bits per heavy atom. The summed E-state index contributed by atoms with van der Waals surface area (Å²) in [4.78, 5) is 12.6. The second-order valence-corrected chi connectivity index (χ2v) is 7.87. The highest BCUT2D eigenvalue weighted by Gasteiger charge is 2.12. The summed E-state index contributed by atoms with van der Waals surface area (Å²) in [7, 11) is 1.57. The van der Waals surface area contributed by atoms with Crippen LogP contribution in [0.4, 0.5) is 0 Å². The van der Waals surface area contributed by atoms with E-state index in [1.165, 1.54) is 6.21 Å². The number of carbonyl (C=O) groups is 1. The molecule has 0 heterocycles. The number of carbonyl (C=O) groups excluding carboxylic acids is 1. The minimum absolute atomic E-state index is 0.193. The average Bonchev–Trinajstić information content (AvgIpc) is 2.73. The molecule has 0 fully saturated rings. The van der Waals surface area contributed by atoms with E-state index in [9.17, 15) is 4.79 Å². The second-order valence-electron chi connectivity index (χ2n) is 6.11. The summed E-state index contributed by atoms with van der Waals surface area (Å²) in [5.74, 6) is 0.647. The zero-order chi connectivity index (χ0) is 21.5. The number of nitrogens with zero attached hydrogens (tertiary/aromatic N) is 1. The molecule has 0 aromatic heterocycles. The lowest BCUT2D eigenvalue weighted by Gasteiger charge is -2.11. The minimum Gasteiger partial charge on any atom is -0.496 e. The molecular formula is C22H17BrCl2N2O3. The summed E-state index contributed by atoms with van der Waals surface area (Å²) in [6, 6.07) is 17.5. The molecule has 1 N–H and O–H groups in total. The molecule has 0 aliphatic rings. The quantitative estimate of drug-likeness (QED) is 0.310. The van der Waals surface area contributed by atoms with E-state index >= 15 is 0 Å². The molecule has 0 spiro atoms. The Labute approximate surface area is 192 Å². The van der Waals surface area contributed by atoms with Crippen molar-refractivity contribution in [3.8, 4) is 11.5 Å². The van der Waals surface area contributed by atoms with Crippen molar-refractivity contribution in [2.24, 2.45) is 5.10 Å². The summed E-state index contributed by atoms with van der Waals surface area (Å²) < 4.78 is 12.0. The lowest BCUT2D eigenvalue weighted by Crippen LogP contribution is -2.18. The van der Waals surface area contributed by atoms with E-state index in [0.29, 0.717) is 32.7 Å². The van der Waals surface area contributed by atoms with Gasteiger partial charge in [-0.3, -0.25) is 4.79 Å². The van der Waals surface area contributed by atoms with E-state index in [4.69, 9.17) is 32.7 Å². The number of benzene rings is 3. The lowest BCUT2D eigenvalue weighted by molar-refractivity contribution is 0.0950. The second kappa shape index (κ2) is 10.5. The van der Waals surface area contributed by atoms with Gasteiger partial charge in [0, 0.05) is 25.6 Å². The van der Waals surface area contributed by atoms with E-state index in [1.807, 2.05) is 12.1 Å². The van der Waals surface area contributed by atoms with Crippen molar-refractivity contribution in [2.75, 3.05) is 7.11 Å². The Kier molecular flexibility index (Phi) is 7.74. The molecule has 5 nitrogen and oxygen atoms in total. The van der Waals surface area contributed by atoms with E-state index in [2.05, 4.69) is 26.5 Å². The van der Waals surface area contributed by atoms with Gasteiger partial charge in [-0.1, -0.05) is 57.3 Å². The summed E-state index contributed by atoms with van der Waals surface area (Å²) >= 11 is 15.5. The van der Waals surface area contributed by atoms with Crippen LogP contribution in [0.5, 0.6) is 11.5 Å². The fourth-order valence-corrected chi connectivity index (χ4v) is 3.44. The topological polar surface area (TPSA) is 59.9 Å². The molecule has 3 rings (SSSR count). The van der Waals surface area contributed by atoms with Crippen LogP contribution in [0, 0.1) is 0 Å². The Balaban J connectivity index is 1.70. The van der Waals surface area contributed by atoms with Crippen LogP contribution in [0.1, 0.15) is 21.5 Å². The molecule has 0 aliphatic heterocycles. The highest BCUT2D eigenvalue weighted by molar-refractivity contribution is 9.10. The van der Waals surface area contributed by atoms with Crippen LogP contribution in [-0.4, -0.2) is 19.2 Å². The average molecular weight is 508 g/mol. The Morgan fingerprint density at radius 3 is 2.67 bits per heavy atom. The summed E-state index contributed by atoms with van der Waals surface area (Å²) in [5, 5.41) is 5.08.